The van der Waals surface area contributed by atoms with Gasteiger partial charge in [-0.2, -0.15) is 8.75 Å². The Morgan fingerprint density at radius 2 is 2.00 bits per heavy atom. The number of amides is 2. The number of benzene rings is 1. The molecule has 1 aromatic carbocycles. The molecular weight excluding hydrogens is 302 g/mol. The van der Waals surface area contributed by atoms with Gasteiger partial charge in [0.2, 0.25) is 11.8 Å². The Labute approximate surface area is 132 Å². The third kappa shape index (κ3) is 3.23. The van der Waals surface area contributed by atoms with Gasteiger partial charge in [0, 0.05) is 33.1 Å². The molecule has 0 atom stereocenters. The zero-order valence-corrected chi connectivity index (χ0v) is 13.1. The van der Waals surface area contributed by atoms with Crippen molar-refractivity contribution in [1.29, 1.82) is 0 Å². The van der Waals surface area contributed by atoms with Gasteiger partial charge in [0.1, 0.15) is 11.0 Å². The fourth-order valence-corrected chi connectivity index (χ4v) is 3.07. The maximum absolute atomic E-state index is 12.2. The van der Waals surface area contributed by atoms with E-state index in [0.29, 0.717) is 25.3 Å². The number of aromatic nitrogens is 2. The monoisotopic (exact) mass is 319 g/mol. The van der Waals surface area contributed by atoms with Crippen LogP contribution >= 0.6 is 11.7 Å². The summed E-state index contributed by atoms with van der Waals surface area (Å²) in [4.78, 5) is 27.3. The van der Waals surface area contributed by atoms with Crippen molar-refractivity contribution >= 4 is 40.3 Å². The lowest BCUT2D eigenvalue weighted by atomic mass is 10.2. The molecule has 8 heteroatoms. The van der Waals surface area contributed by atoms with E-state index in [9.17, 15) is 9.59 Å². The van der Waals surface area contributed by atoms with E-state index < -0.39 is 0 Å². The molecule has 7 nitrogen and oxygen atoms in total. The van der Waals surface area contributed by atoms with Crippen LogP contribution in [0.25, 0.3) is 11.0 Å². The highest BCUT2D eigenvalue weighted by molar-refractivity contribution is 7.00. The summed E-state index contributed by atoms with van der Waals surface area (Å²) in [7, 11) is 0. The van der Waals surface area contributed by atoms with Gasteiger partial charge in [0.05, 0.1) is 24.0 Å². The van der Waals surface area contributed by atoms with E-state index in [1.165, 1.54) is 0 Å². The third-order valence-corrected chi connectivity index (χ3v) is 4.29. The van der Waals surface area contributed by atoms with Gasteiger partial charge in [-0.1, -0.05) is 6.07 Å². The average molecular weight is 319 g/mol. The number of carbonyl (C=O) groups excluding carboxylic acids is 2. The molecule has 1 aliphatic rings. The Balaban J connectivity index is 1.57. The third-order valence-electron chi connectivity index (χ3n) is 3.74. The fourth-order valence-electron chi connectivity index (χ4n) is 2.52. The minimum absolute atomic E-state index is 0.0724. The van der Waals surface area contributed by atoms with Crippen LogP contribution in [0.4, 0.5) is 5.69 Å². The first-order valence-corrected chi connectivity index (χ1v) is 7.85. The first-order chi connectivity index (χ1) is 10.6. The molecule has 116 valence electrons. The zero-order chi connectivity index (χ0) is 15.5. The first-order valence-electron chi connectivity index (χ1n) is 7.12. The number of nitrogens with one attached hydrogen (secondary N) is 1. The Morgan fingerprint density at radius 1 is 1.23 bits per heavy atom. The Morgan fingerprint density at radius 3 is 2.73 bits per heavy atom. The van der Waals surface area contributed by atoms with Crippen molar-refractivity contribution in [2.45, 2.75) is 6.92 Å². The molecule has 1 aliphatic heterocycles. The van der Waals surface area contributed by atoms with Crippen molar-refractivity contribution in [2.24, 2.45) is 0 Å². The molecule has 0 radical (unpaired) electrons. The van der Waals surface area contributed by atoms with E-state index >= 15 is 0 Å². The summed E-state index contributed by atoms with van der Waals surface area (Å²) in [6, 6.07) is 5.55. The summed E-state index contributed by atoms with van der Waals surface area (Å²) in [6.45, 7) is 4.68. The number of hydrogen-bond acceptors (Lipinski definition) is 6. The molecule has 0 spiro atoms. The van der Waals surface area contributed by atoms with Crippen LogP contribution < -0.4 is 5.32 Å². The normalized spacial score (nSPS) is 16.0. The Hall–Kier alpha value is -2.06. The number of piperazine rings is 1. The van der Waals surface area contributed by atoms with Crippen molar-refractivity contribution in [1.82, 2.24) is 18.5 Å². The highest BCUT2D eigenvalue weighted by Gasteiger charge is 2.20. The summed E-state index contributed by atoms with van der Waals surface area (Å²) in [5.41, 5.74) is 2.21. The number of hydrogen-bond donors (Lipinski definition) is 1. The molecule has 0 bridgehead atoms. The van der Waals surface area contributed by atoms with Crippen molar-refractivity contribution in [3.05, 3.63) is 18.2 Å². The molecule has 2 aromatic rings. The SMILES string of the molecule is CC(=O)N1CCN(CC(=O)Nc2cccc3nsnc23)CC1. The zero-order valence-electron chi connectivity index (χ0n) is 12.3. The van der Waals surface area contributed by atoms with E-state index in [0.717, 1.165) is 35.9 Å². The molecule has 2 amide bonds. The van der Waals surface area contributed by atoms with Gasteiger partial charge < -0.3 is 10.2 Å². The minimum Gasteiger partial charge on any atom is -0.340 e. The minimum atomic E-state index is -0.0724. The molecular formula is C14H17N5O2S. The molecule has 3 rings (SSSR count). The van der Waals surface area contributed by atoms with Crippen LogP contribution in [0.15, 0.2) is 18.2 Å². The van der Waals surface area contributed by atoms with Gasteiger partial charge in [-0.15, -0.1) is 0 Å². The van der Waals surface area contributed by atoms with Crippen LogP contribution in [-0.4, -0.2) is 63.1 Å². The second kappa shape index (κ2) is 6.37. The Kier molecular flexibility index (Phi) is 4.30. The van der Waals surface area contributed by atoms with E-state index in [2.05, 4.69) is 14.1 Å². The molecule has 2 heterocycles. The summed E-state index contributed by atoms with van der Waals surface area (Å²) < 4.78 is 8.36. The van der Waals surface area contributed by atoms with Gasteiger partial charge in [0.15, 0.2) is 0 Å². The average Bonchev–Trinajstić information content (AvgIpc) is 2.97. The summed E-state index contributed by atoms with van der Waals surface area (Å²) in [5.74, 6) is 0.0172. The lowest BCUT2D eigenvalue weighted by molar-refractivity contribution is -0.130. The number of carbonyl (C=O) groups is 2. The Bertz CT molecular complexity index is 693. The van der Waals surface area contributed by atoms with E-state index in [4.69, 9.17) is 0 Å². The smallest absolute Gasteiger partial charge is 0.238 e. The topological polar surface area (TPSA) is 78.4 Å². The predicted octanol–water partition coefficient (Wildman–Crippen LogP) is 0.794. The number of fused-ring (bicyclic) bond motifs is 1. The number of rotatable bonds is 3. The van der Waals surface area contributed by atoms with Crippen molar-refractivity contribution in [3.8, 4) is 0 Å². The van der Waals surface area contributed by atoms with Gasteiger partial charge in [0.25, 0.3) is 0 Å². The van der Waals surface area contributed by atoms with Crippen LogP contribution in [-0.2, 0) is 9.59 Å². The van der Waals surface area contributed by atoms with Gasteiger partial charge >= 0.3 is 0 Å². The second-order valence-electron chi connectivity index (χ2n) is 5.27. The molecule has 0 aliphatic carbocycles. The molecule has 22 heavy (non-hydrogen) atoms. The summed E-state index contributed by atoms with van der Waals surface area (Å²) >= 11 is 1.13. The largest absolute Gasteiger partial charge is 0.340 e. The molecule has 1 aromatic heterocycles. The first kappa shape index (κ1) is 14.9. The predicted molar refractivity (Wildman–Crippen MR) is 84.7 cm³/mol. The summed E-state index contributed by atoms with van der Waals surface area (Å²) in [5, 5.41) is 2.90. The van der Waals surface area contributed by atoms with Crippen LogP contribution in [0.5, 0.6) is 0 Å². The van der Waals surface area contributed by atoms with Gasteiger partial charge in [-0.25, -0.2) is 0 Å². The molecule has 1 fully saturated rings. The number of nitrogens with zero attached hydrogens (tertiary/aromatic N) is 4. The van der Waals surface area contributed by atoms with Crippen LogP contribution in [0, 0.1) is 0 Å². The van der Waals surface area contributed by atoms with Crippen LogP contribution in [0.3, 0.4) is 0 Å². The van der Waals surface area contributed by atoms with Crippen molar-refractivity contribution < 1.29 is 9.59 Å². The van der Waals surface area contributed by atoms with Crippen LogP contribution in [0.1, 0.15) is 6.92 Å². The van der Waals surface area contributed by atoms with E-state index in [-0.39, 0.29) is 11.8 Å². The summed E-state index contributed by atoms with van der Waals surface area (Å²) in [6.07, 6.45) is 0. The maximum Gasteiger partial charge on any atom is 0.238 e. The molecule has 1 saturated heterocycles. The quantitative estimate of drug-likeness (QED) is 0.905. The second-order valence-corrected chi connectivity index (χ2v) is 5.80. The van der Waals surface area contributed by atoms with Crippen molar-refractivity contribution in [2.75, 3.05) is 38.0 Å². The van der Waals surface area contributed by atoms with Gasteiger partial charge in [-0.05, 0) is 12.1 Å². The van der Waals surface area contributed by atoms with Gasteiger partial charge in [-0.3, -0.25) is 14.5 Å². The lowest BCUT2D eigenvalue weighted by Gasteiger charge is -2.33. The molecule has 1 N–H and O–H groups in total. The standard InChI is InChI=1S/C14H17N5O2S/c1-10(20)19-7-5-18(6-8-19)9-13(21)15-11-3-2-4-12-14(11)17-22-16-12/h2-4H,5-9H2,1H3,(H,15,21). The fraction of sp³-hybridized carbons (Fsp3) is 0.429. The molecule has 0 unspecified atom stereocenters. The van der Waals surface area contributed by atoms with E-state index in [1.807, 2.05) is 23.1 Å². The highest BCUT2D eigenvalue weighted by Crippen LogP contribution is 2.21. The molecule has 0 saturated carbocycles. The van der Waals surface area contributed by atoms with Crippen LogP contribution in [0.2, 0.25) is 0 Å². The van der Waals surface area contributed by atoms with Crippen molar-refractivity contribution in [3.63, 3.8) is 0 Å². The highest BCUT2D eigenvalue weighted by atomic mass is 32.1. The van der Waals surface area contributed by atoms with E-state index in [1.54, 1.807) is 11.8 Å². The maximum atomic E-state index is 12.2. The number of anilines is 1. The lowest BCUT2D eigenvalue weighted by Crippen LogP contribution is -2.49.